The summed E-state index contributed by atoms with van der Waals surface area (Å²) >= 11 is 0. The van der Waals surface area contributed by atoms with E-state index >= 15 is 0 Å². The van der Waals surface area contributed by atoms with Crippen molar-refractivity contribution in [3.63, 3.8) is 0 Å². The molecule has 9 heteroatoms. The number of anilines is 1. The lowest BCUT2D eigenvalue weighted by atomic mass is 10.2. The van der Waals surface area contributed by atoms with Crippen LogP contribution in [0.1, 0.15) is 0 Å². The van der Waals surface area contributed by atoms with Crippen molar-refractivity contribution in [1.82, 2.24) is 4.98 Å². The van der Waals surface area contributed by atoms with Gasteiger partial charge in [0.25, 0.3) is 10.0 Å². The molecule has 0 saturated heterocycles. The lowest BCUT2D eigenvalue weighted by Gasteiger charge is -2.12. The van der Waals surface area contributed by atoms with E-state index in [2.05, 4.69) is 9.71 Å². The maximum Gasteiger partial charge on any atom is 0.261 e. The number of nitrogens with zero attached hydrogens (tertiary/aromatic N) is 1. The largest absolute Gasteiger partial charge is 0.493 e. The molecule has 0 amide bonds. The second kappa shape index (κ2) is 8.19. The molecule has 0 unspecified atom stereocenters. The number of rotatable bonds is 7. The van der Waals surface area contributed by atoms with Gasteiger partial charge >= 0.3 is 0 Å². The van der Waals surface area contributed by atoms with Gasteiger partial charge in [-0.05, 0) is 42.5 Å². The Balaban J connectivity index is 1.70. The van der Waals surface area contributed by atoms with Crippen LogP contribution in [0, 0.1) is 0 Å². The van der Waals surface area contributed by atoms with Crippen molar-refractivity contribution in [2.75, 3.05) is 26.1 Å². The summed E-state index contributed by atoms with van der Waals surface area (Å²) < 4.78 is 49.7. The zero-order valence-electron chi connectivity index (χ0n) is 17.1. The zero-order valence-corrected chi connectivity index (χ0v) is 17.9. The Labute approximate surface area is 179 Å². The summed E-state index contributed by atoms with van der Waals surface area (Å²) in [6, 6.07) is 16.5. The number of methoxy groups -OCH3 is 3. The molecule has 0 radical (unpaired) electrons. The van der Waals surface area contributed by atoms with Crippen molar-refractivity contribution >= 4 is 26.8 Å². The van der Waals surface area contributed by atoms with Crippen LogP contribution in [0.5, 0.6) is 17.2 Å². The van der Waals surface area contributed by atoms with E-state index in [-0.39, 0.29) is 4.90 Å². The van der Waals surface area contributed by atoms with Crippen LogP contribution in [0.3, 0.4) is 0 Å². The van der Waals surface area contributed by atoms with Gasteiger partial charge in [0.05, 0.1) is 31.9 Å². The van der Waals surface area contributed by atoms with Crippen LogP contribution in [0.2, 0.25) is 0 Å². The Hall–Kier alpha value is -3.72. The van der Waals surface area contributed by atoms with Gasteiger partial charge in [0.15, 0.2) is 17.1 Å². The van der Waals surface area contributed by atoms with E-state index in [4.69, 9.17) is 18.6 Å². The van der Waals surface area contributed by atoms with Crippen molar-refractivity contribution in [2.24, 2.45) is 0 Å². The first-order chi connectivity index (χ1) is 14.9. The monoisotopic (exact) mass is 440 g/mol. The Morgan fingerprint density at radius 3 is 2.16 bits per heavy atom. The molecule has 8 nitrogen and oxygen atoms in total. The molecular weight excluding hydrogens is 420 g/mol. The maximum absolute atomic E-state index is 12.6. The summed E-state index contributed by atoms with van der Waals surface area (Å²) in [6.45, 7) is 0. The normalized spacial score (nSPS) is 11.3. The molecule has 0 aliphatic carbocycles. The fraction of sp³-hybridized carbons (Fsp3) is 0.136. The van der Waals surface area contributed by atoms with Gasteiger partial charge in [-0.1, -0.05) is 18.2 Å². The van der Waals surface area contributed by atoms with Gasteiger partial charge in [-0.3, -0.25) is 4.72 Å². The summed E-state index contributed by atoms with van der Waals surface area (Å²) in [5.41, 5.74) is 2.00. The van der Waals surface area contributed by atoms with E-state index < -0.39 is 10.0 Å². The first-order valence-electron chi connectivity index (χ1n) is 9.24. The predicted molar refractivity (Wildman–Crippen MR) is 116 cm³/mol. The molecule has 0 aliphatic rings. The highest BCUT2D eigenvalue weighted by Gasteiger charge is 2.18. The quantitative estimate of drug-likeness (QED) is 0.457. The fourth-order valence-corrected chi connectivity index (χ4v) is 4.20. The molecule has 31 heavy (non-hydrogen) atoms. The highest BCUT2D eigenvalue weighted by Crippen LogP contribution is 2.41. The standard InChI is InChI=1S/C22H20N2O6S/c1-27-19-11-14(12-20(28-2)21(19)29-3)22-23-17-13-15(9-10-18(17)30-22)24-31(25,26)16-7-5-4-6-8-16/h4-13,24H,1-3H3. The van der Waals surface area contributed by atoms with Crippen LogP contribution in [-0.4, -0.2) is 34.7 Å². The third-order valence-electron chi connectivity index (χ3n) is 4.60. The Morgan fingerprint density at radius 2 is 1.55 bits per heavy atom. The average molecular weight is 440 g/mol. The Morgan fingerprint density at radius 1 is 0.871 bits per heavy atom. The first-order valence-corrected chi connectivity index (χ1v) is 10.7. The molecule has 4 rings (SSSR count). The summed E-state index contributed by atoms with van der Waals surface area (Å²) in [5.74, 6) is 1.73. The van der Waals surface area contributed by atoms with E-state index in [1.54, 1.807) is 48.5 Å². The van der Waals surface area contributed by atoms with Crippen LogP contribution in [0.4, 0.5) is 5.69 Å². The van der Waals surface area contributed by atoms with Gasteiger partial charge in [0.1, 0.15) is 5.52 Å². The van der Waals surface area contributed by atoms with Gasteiger partial charge in [-0.2, -0.15) is 0 Å². The second-order valence-corrected chi connectivity index (χ2v) is 8.22. The number of oxazole rings is 1. The number of hydrogen-bond donors (Lipinski definition) is 1. The topological polar surface area (TPSA) is 99.9 Å². The molecule has 0 saturated carbocycles. The number of hydrogen-bond acceptors (Lipinski definition) is 7. The molecule has 0 bridgehead atoms. The van der Waals surface area contributed by atoms with Gasteiger partial charge in [0, 0.05) is 5.56 Å². The number of sulfonamides is 1. The minimum absolute atomic E-state index is 0.174. The van der Waals surface area contributed by atoms with Gasteiger partial charge < -0.3 is 18.6 Å². The molecule has 0 aliphatic heterocycles. The second-order valence-electron chi connectivity index (χ2n) is 6.53. The molecular formula is C22H20N2O6S. The summed E-state index contributed by atoms with van der Waals surface area (Å²) in [5, 5.41) is 0. The number of aromatic nitrogens is 1. The van der Waals surface area contributed by atoms with Crippen LogP contribution < -0.4 is 18.9 Å². The highest BCUT2D eigenvalue weighted by molar-refractivity contribution is 7.92. The smallest absolute Gasteiger partial charge is 0.261 e. The summed E-state index contributed by atoms with van der Waals surface area (Å²) in [6.07, 6.45) is 0. The maximum atomic E-state index is 12.6. The molecule has 4 aromatic rings. The number of nitrogens with one attached hydrogen (secondary N) is 1. The van der Waals surface area contributed by atoms with Gasteiger partial charge in [0.2, 0.25) is 11.6 Å². The number of ether oxygens (including phenoxy) is 3. The Kier molecular flexibility index (Phi) is 5.43. The van der Waals surface area contributed by atoms with E-state index in [9.17, 15) is 8.42 Å². The van der Waals surface area contributed by atoms with E-state index in [1.807, 2.05) is 0 Å². The summed E-state index contributed by atoms with van der Waals surface area (Å²) in [4.78, 5) is 4.67. The lowest BCUT2D eigenvalue weighted by molar-refractivity contribution is 0.324. The van der Waals surface area contributed by atoms with Crippen molar-refractivity contribution in [3.05, 3.63) is 60.7 Å². The number of fused-ring (bicyclic) bond motifs is 1. The van der Waals surface area contributed by atoms with Crippen molar-refractivity contribution in [2.45, 2.75) is 4.90 Å². The molecule has 1 heterocycles. The third-order valence-corrected chi connectivity index (χ3v) is 6.00. The molecule has 1 aromatic heterocycles. The van der Waals surface area contributed by atoms with Crippen LogP contribution >= 0.6 is 0 Å². The molecule has 0 spiro atoms. The third kappa shape index (κ3) is 3.99. The number of benzene rings is 3. The van der Waals surface area contributed by atoms with Crippen molar-refractivity contribution in [1.29, 1.82) is 0 Å². The Bertz CT molecular complexity index is 1310. The van der Waals surface area contributed by atoms with E-state index in [0.29, 0.717) is 45.5 Å². The van der Waals surface area contributed by atoms with E-state index in [0.717, 1.165) is 0 Å². The van der Waals surface area contributed by atoms with Crippen LogP contribution in [0.25, 0.3) is 22.6 Å². The van der Waals surface area contributed by atoms with Crippen LogP contribution in [-0.2, 0) is 10.0 Å². The highest BCUT2D eigenvalue weighted by atomic mass is 32.2. The SMILES string of the molecule is COc1cc(-c2nc3cc(NS(=O)(=O)c4ccccc4)ccc3o2)cc(OC)c1OC. The predicted octanol–water partition coefficient (Wildman–Crippen LogP) is 4.32. The molecule has 1 N–H and O–H groups in total. The lowest BCUT2D eigenvalue weighted by Crippen LogP contribution is -2.12. The first kappa shape index (κ1) is 20.5. The minimum atomic E-state index is -3.71. The zero-order chi connectivity index (χ0) is 22.0. The molecule has 160 valence electrons. The van der Waals surface area contributed by atoms with Crippen molar-refractivity contribution in [3.8, 4) is 28.7 Å². The van der Waals surface area contributed by atoms with Crippen LogP contribution in [0.15, 0.2) is 70.0 Å². The molecule has 0 atom stereocenters. The van der Waals surface area contributed by atoms with Gasteiger partial charge in [-0.15, -0.1) is 0 Å². The van der Waals surface area contributed by atoms with Crippen molar-refractivity contribution < 1.29 is 27.0 Å². The summed E-state index contributed by atoms with van der Waals surface area (Å²) in [7, 11) is 0.869. The average Bonchev–Trinajstić information content (AvgIpc) is 3.21. The molecule has 3 aromatic carbocycles. The van der Waals surface area contributed by atoms with E-state index in [1.165, 1.54) is 33.5 Å². The van der Waals surface area contributed by atoms with Gasteiger partial charge in [-0.25, -0.2) is 13.4 Å². The minimum Gasteiger partial charge on any atom is -0.493 e. The molecule has 0 fully saturated rings. The fourth-order valence-electron chi connectivity index (χ4n) is 3.13.